The van der Waals surface area contributed by atoms with Crippen molar-refractivity contribution in [1.29, 1.82) is 0 Å². The molecule has 1 aromatic carbocycles. The van der Waals surface area contributed by atoms with Crippen molar-refractivity contribution in [1.82, 2.24) is 4.90 Å². The van der Waals surface area contributed by atoms with Crippen molar-refractivity contribution in [2.45, 2.75) is 13.8 Å². The fourth-order valence-electron chi connectivity index (χ4n) is 1.57. The van der Waals surface area contributed by atoms with Crippen LogP contribution in [0.3, 0.4) is 0 Å². The summed E-state index contributed by atoms with van der Waals surface area (Å²) in [5.41, 5.74) is 1.85. The zero-order valence-corrected chi connectivity index (χ0v) is 10.2. The van der Waals surface area contributed by atoms with Crippen molar-refractivity contribution < 1.29 is 9.53 Å². The van der Waals surface area contributed by atoms with Crippen LogP contribution < -0.4 is 0 Å². The summed E-state index contributed by atoms with van der Waals surface area (Å²) in [5, 5.41) is 0. The third kappa shape index (κ3) is 3.35. The minimum Gasteiger partial charge on any atom is -0.383 e. The van der Waals surface area contributed by atoms with E-state index in [2.05, 4.69) is 0 Å². The number of methoxy groups -OCH3 is 1. The quantitative estimate of drug-likeness (QED) is 0.762. The van der Waals surface area contributed by atoms with Crippen LogP contribution in [0.5, 0.6) is 0 Å². The molecule has 0 bridgehead atoms. The number of amides is 1. The minimum atomic E-state index is 0.0725. The second-order valence-corrected chi connectivity index (χ2v) is 3.75. The first-order chi connectivity index (χ1) is 7.69. The van der Waals surface area contributed by atoms with Crippen LogP contribution in [0.1, 0.15) is 22.8 Å². The second-order valence-electron chi connectivity index (χ2n) is 3.75. The molecule has 0 saturated carbocycles. The van der Waals surface area contributed by atoms with Gasteiger partial charge < -0.3 is 9.64 Å². The van der Waals surface area contributed by atoms with Gasteiger partial charge in [-0.3, -0.25) is 4.79 Å². The fourth-order valence-corrected chi connectivity index (χ4v) is 1.57. The van der Waals surface area contributed by atoms with Crippen LogP contribution in [0, 0.1) is 6.92 Å². The monoisotopic (exact) mass is 221 g/mol. The number of likely N-dealkylation sites (N-methyl/N-ethyl adjacent to an activating group) is 1. The Kier molecular flexibility index (Phi) is 4.99. The van der Waals surface area contributed by atoms with Gasteiger partial charge in [-0.05, 0) is 26.0 Å². The Hall–Kier alpha value is -1.35. The molecule has 0 aromatic heterocycles. The molecule has 3 nitrogen and oxygen atoms in total. The third-order valence-corrected chi connectivity index (χ3v) is 2.50. The summed E-state index contributed by atoms with van der Waals surface area (Å²) >= 11 is 0. The maximum absolute atomic E-state index is 12.1. The van der Waals surface area contributed by atoms with E-state index in [0.717, 1.165) is 11.1 Å². The lowest BCUT2D eigenvalue weighted by atomic mass is 10.1. The Morgan fingerprint density at radius 1 is 1.44 bits per heavy atom. The SMILES string of the molecule is CCN(CCOC)C(=O)c1cccc(C)c1. The first-order valence-corrected chi connectivity index (χ1v) is 5.54. The molecule has 0 aliphatic carbocycles. The lowest BCUT2D eigenvalue weighted by Gasteiger charge is -2.20. The lowest BCUT2D eigenvalue weighted by molar-refractivity contribution is 0.0706. The number of hydrogen-bond acceptors (Lipinski definition) is 2. The van der Waals surface area contributed by atoms with Gasteiger partial charge in [0.1, 0.15) is 0 Å². The van der Waals surface area contributed by atoms with Crippen molar-refractivity contribution in [2.75, 3.05) is 26.8 Å². The minimum absolute atomic E-state index is 0.0725. The van der Waals surface area contributed by atoms with Gasteiger partial charge in [-0.15, -0.1) is 0 Å². The van der Waals surface area contributed by atoms with E-state index in [4.69, 9.17) is 4.74 Å². The normalized spacial score (nSPS) is 10.2. The van der Waals surface area contributed by atoms with E-state index in [1.165, 1.54) is 0 Å². The average molecular weight is 221 g/mol. The average Bonchev–Trinajstić information content (AvgIpc) is 2.29. The number of ether oxygens (including phenoxy) is 1. The van der Waals surface area contributed by atoms with Gasteiger partial charge in [0.05, 0.1) is 6.61 Å². The highest BCUT2D eigenvalue weighted by Crippen LogP contribution is 2.07. The molecular weight excluding hydrogens is 202 g/mol. The summed E-state index contributed by atoms with van der Waals surface area (Å²) in [7, 11) is 1.64. The van der Waals surface area contributed by atoms with Crippen LogP contribution in [0.25, 0.3) is 0 Å². The topological polar surface area (TPSA) is 29.5 Å². The molecule has 0 spiro atoms. The highest BCUT2D eigenvalue weighted by molar-refractivity contribution is 5.94. The highest BCUT2D eigenvalue weighted by Gasteiger charge is 2.13. The van der Waals surface area contributed by atoms with Crippen LogP contribution in [0.2, 0.25) is 0 Å². The van der Waals surface area contributed by atoms with E-state index in [1.54, 1.807) is 12.0 Å². The smallest absolute Gasteiger partial charge is 0.253 e. The van der Waals surface area contributed by atoms with Crippen molar-refractivity contribution >= 4 is 5.91 Å². The Balaban J connectivity index is 2.74. The maximum Gasteiger partial charge on any atom is 0.253 e. The van der Waals surface area contributed by atoms with Crippen molar-refractivity contribution in [3.05, 3.63) is 35.4 Å². The molecule has 0 aliphatic rings. The molecule has 0 heterocycles. The van der Waals surface area contributed by atoms with E-state index >= 15 is 0 Å². The first kappa shape index (κ1) is 12.7. The molecule has 16 heavy (non-hydrogen) atoms. The number of rotatable bonds is 5. The van der Waals surface area contributed by atoms with Gasteiger partial charge in [-0.2, -0.15) is 0 Å². The molecule has 1 amide bonds. The van der Waals surface area contributed by atoms with Gasteiger partial charge in [-0.25, -0.2) is 0 Å². The summed E-state index contributed by atoms with van der Waals surface area (Å²) in [4.78, 5) is 13.9. The number of hydrogen-bond donors (Lipinski definition) is 0. The van der Waals surface area contributed by atoms with Gasteiger partial charge >= 0.3 is 0 Å². The zero-order chi connectivity index (χ0) is 12.0. The first-order valence-electron chi connectivity index (χ1n) is 5.54. The van der Waals surface area contributed by atoms with Gasteiger partial charge in [0, 0.05) is 25.8 Å². The van der Waals surface area contributed by atoms with Crippen molar-refractivity contribution in [3.8, 4) is 0 Å². The van der Waals surface area contributed by atoms with E-state index in [-0.39, 0.29) is 5.91 Å². The van der Waals surface area contributed by atoms with Gasteiger partial charge in [0.15, 0.2) is 0 Å². The molecular formula is C13H19NO2. The number of carbonyl (C=O) groups excluding carboxylic acids is 1. The number of benzene rings is 1. The Morgan fingerprint density at radius 2 is 2.19 bits per heavy atom. The molecule has 0 N–H and O–H groups in total. The largest absolute Gasteiger partial charge is 0.383 e. The summed E-state index contributed by atoms with van der Waals surface area (Å²) in [6.45, 7) is 5.88. The molecule has 0 aliphatic heterocycles. The fraction of sp³-hybridized carbons (Fsp3) is 0.462. The molecule has 88 valence electrons. The van der Waals surface area contributed by atoms with Crippen molar-refractivity contribution in [3.63, 3.8) is 0 Å². The molecule has 1 rings (SSSR count). The van der Waals surface area contributed by atoms with E-state index < -0.39 is 0 Å². The van der Waals surface area contributed by atoms with Crippen LogP contribution in [-0.4, -0.2) is 37.6 Å². The molecule has 0 radical (unpaired) electrons. The molecule has 0 atom stereocenters. The van der Waals surface area contributed by atoms with E-state index in [0.29, 0.717) is 19.7 Å². The summed E-state index contributed by atoms with van der Waals surface area (Å²) in [6.07, 6.45) is 0. The standard InChI is InChI=1S/C13H19NO2/c1-4-14(8-9-16-3)13(15)12-7-5-6-11(2)10-12/h5-7,10H,4,8-9H2,1-3H3. The Bertz CT molecular complexity index is 350. The van der Waals surface area contributed by atoms with Gasteiger partial charge in [0.25, 0.3) is 5.91 Å². The Morgan fingerprint density at radius 3 is 2.75 bits per heavy atom. The van der Waals surface area contributed by atoms with Gasteiger partial charge in [-0.1, -0.05) is 17.7 Å². The lowest BCUT2D eigenvalue weighted by Crippen LogP contribution is -2.33. The second kappa shape index (κ2) is 6.28. The van der Waals surface area contributed by atoms with E-state index in [9.17, 15) is 4.79 Å². The van der Waals surface area contributed by atoms with Crippen LogP contribution in [0.4, 0.5) is 0 Å². The summed E-state index contributed by atoms with van der Waals surface area (Å²) < 4.78 is 4.99. The number of aryl methyl sites for hydroxylation is 1. The molecule has 0 fully saturated rings. The predicted octanol–water partition coefficient (Wildman–Crippen LogP) is 2.10. The Labute approximate surface area is 97.0 Å². The number of nitrogens with zero attached hydrogens (tertiary/aromatic N) is 1. The summed E-state index contributed by atoms with van der Waals surface area (Å²) in [6, 6.07) is 7.66. The third-order valence-electron chi connectivity index (χ3n) is 2.50. The predicted molar refractivity (Wildman–Crippen MR) is 64.6 cm³/mol. The van der Waals surface area contributed by atoms with Crippen LogP contribution in [-0.2, 0) is 4.74 Å². The van der Waals surface area contributed by atoms with Crippen LogP contribution >= 0.6 is 0 Å². The summed E-state index contributed by atoms with van der Waals surface area (Å²) in [5.74, 6) is 0.0725. The van der Waals surface area contributed by atoms with E-state index in [1.807, 2.05) is 38.1 Å². The molecule has 0 saturated heterocycles. The van der Waals surface area contributed by atoms with Gasteiger partial charge in [0.2, 0.25) is 0 Å². The molecule has 1 aromatic rings. The van der Waals surface area contributed by atoms with Crippen molar-refractivity contribution in [2.24, 2.45) is 0 Å². The van der Waals surface area contributed by atoms with Crippen LogP contribution in [0.15, 0.2) is 24.3 Å². The molecule has 0 unspecified atom stereocenters. The number of carbonyl (C=O) groups is 1. The maximum atomic E-state index is 12.1. The highest BCUT2D eigenvalue weighted by atomic mass is 16.5. The zero-order valence-electron chi connectivity index (χ0n) is 10.2. The molecule has 3 heteroatoms.